The van der Waals surface area contributed by atoms with E-state index in [1.165, 1.54) is 30.0 Å². The van der Waals surface area contributed by atoms with Crippen molar-refractivity contribution < 1.29 is 14.6 Å². The smallest absolute Gasteiger partial charge is 0.265 e. The Labute approximate surface area is 203 Å². The molecule has 4 bridgehead atoms. The van der Waals surface area contributed by atoms with Crippen molar-refractivity contribution in [2.75, 3.05) is 7.11 Å². The molecule has 0 saturated heterocycles. The first-order valence-corrected chi connectivity index (χ1v) is 12.3. The molecule has 0 atom stereocenters. The van der Waals surface area contributed by atoms with Crippen LogP contribution in [0.1, 0.15) is 44.1 Å². The van der Waals surface area contributed by atoms with Gasteiger partial charge in [-0.25, -0.2) is 9.99 Å². The van der Waals surface area contributed by atoms with Gasteiger partial charge in [0.05, 0.1) is 30.0 Å². The molecule has 1 amide bonds. The molecule has 7 nitrogen and oxygen atoms in total. The van der Waals surface area contributed by atoms with Crippen molar-refractivity contribution in [3.63, 3.8) is 0 Å². The van der Waals surface area contributed by atoms with E-state index in [1.807, 2.05) is 6.07 Å². The number of ether oxygens (including phenoxy) is 1. The molecule has 2 aromatic carbocycles. The Morgan fingerprint density at radius 1 is 1.03 bits per heavy atom. The maximum Gasteiger partial charge on any atom is 0.265 e. The maximum atomic E-state index is 13.3. The van der Waals surface area contributed by atoms with Gasteiger partial charge in [-0.05, 0) is 86.6 Å². The highest BCUT2D eigenvalue weighted by Gasteiger charge is 2.54. The Morgan fingerprint density at radius 2 is 1.63 bits per heavy atom. The number of hydrogen-bond acceptors (Lipinski definition) is 5. The monoisotopic (exact) mass is 471 g/mol. The van der Waals surface area contributed by atoms with E-state index >= 15 is 0 Å². The lowest BCUT2D eigenvalue weighted by atomic mass is 9.49. The zero-order chi connectivity index (χ0) is 24.2. The molecule has 35 heavy (non-hydrogen) atoms. The number of hydrogen-bond donors (Lipinski definition) is 2. The SMILES string of the molecule is COc1ccc(-n2c(O)c(/C=N/NC(=O)C34CC5CC(CC(C5)C3)C4)c3ccccc3c2=O)cc1. The summed E-state index contributed by atoms with van der Waals surface area (Å²) in [4.78, 5) is 26.5. The second kappa shape index (κ2) is 8.26. The first-order chi connectivity index (χ1) is 17.0. The number of carbonyl (C=O) groups excluding carboxylic acids is 1. The van der Waals surface area contributed by atoms with Crippen LogP contribution in [0.15, 0.2) is 58.4 Å². The Morgan fingerprint density at radius 3 is 2.23 bits per heavy atom. The fourth-order valence-corrected chi connectivity index (χ4v) is 7.12. The summed E-state index contributed by atoms with van der Waals surface area (Å²) in [5, 5.41) is 16.5. The molecule has 4 fully saturated rings. The van der Waals surface area contributed by atoms with Crippen LogP contribution in [0.5, 0.6) is 11.6 Å². The maximum absolute atomic E-state index is 13.3. The molecule has 0 aliphatic heterocycles. The number of nitrogens with one attached hydrogen (secondary N) is 1. The molecular formula is C28H29N3O4. The predicted molar refractivity (Wildman–Crippen MR) is 134 cm³/mol. The number of pyridine rings is 1. The van der Waals surface area contributed by atoms with Crippen LogP contribution in [0.3, 0.4) is 0 Å². The first kappa shape index (κ1) is 21.9. The van der Waals surface area contributed by atoms with Gasteiger partial charge in [0.2, 0.25) is 11.8 Å². The third kappa shape index (κ3) is 3.61. The van der Waals surface area contributed by atoms with Crippen LogP contribution in [-0.2, 0) is 4.79 Å². The van der Waals surface area contributed by atoms with E-state index < -0.39 is 0 Å². The average Bonchev–Trinajstić information content (AvgIpc) is 2.85. The number of fused-ring (bicyclic) bond motifs is 1. The van der Waals surface area contributed by atoms with Gasteiger partial charge in [-0.1, -0.05) is 18.2 Å². The summed E-state index contributed by atoms with van der Waals surface area (Å²) in [6, 6.07) is 14.0. The van der Waals surface area contributed by atoms with Crippen molar-refractivity contribution in [3.8, 4) is 17.3 Å². The topological polar surface area (TPSA) is 92.9 Å². The molecular weight excluding hydrogens is 442 g/mol. The fraction of sp³-hybridized carbons (Fsp3) is 0.393. The van der Waals surface area contributed by atoms with Crippen LogP contribution < -0.4 is 15.7 Å². The van der Waals surface area contributed by atoms with Gasteiger partial charge in [0, 0.05) is 10.8 Å². The molecule has 0 spiro atoms. The number of rotatable bonds is 5. The highest BCUT2D eigenvalue weighted by Crippen LogP contribution is 2.60. The van der Waals surface area contributed by atoms with E-state index in [1.54, 1.807) is 49.6 Å². The van der Waals surface area contributed by atoms with Crippen molar-refractivity contribution in [2.45, 2.75) is 38.5 Å². The largest absolute Gasteiger partial charge is 0.497 e. The van der Waals surface area contributed by atoms with Crippen molar-refractivity contribution in [1.29, 1.82) is 0 Å². The summed E-state index contributed by atoms with van der Waals surface area (Å²) in [6.45, 7) is 0. The molecule has 180 valence electrons. The highest BCUT2D eigenvalue weighted by molar-refractivity contribution is 6.02. The summed E-state index contributed by atoms with van der Waals surface area (Å²) < 4.78 is 6.47. The Bertz CT molecular complexity index is 1350. The predicted octanol–water partition coefficient (Wildman–Crippen LogP) is 4.37. The summed E-state index contributed by atoms with van der Waals surface area (Å²) in [6.07, 6.45) is 8.12. The highest BCUT2D eigenvalue weighted by atomic mass is 16.5. The summed E-state index contributed by atoms with van der Waals surface area (Å²) in [5.41, 5.74) is 3.02. The zero-order valence-electron chi connectivity index (χ0n) is 19.7. The second-order valence-corrected chi connectivity index (χ2v) is 10.5. The van der Waals surface area contributed by atoms with Gasteiger partial charge < -0.3 is 9.84 Å². The minimum Gasteiger partial charge on any atom is -0.497 e. The van der Waals surface area contributed by atoms with E-state index in [-0.39, 0.29) is 22.8 Å². The quantitative estimate of drug-likeness (QED) is 0.427. The van der Waals surface area contributed by atoms with Crippen LogP contribution in [0.4, 0.5) is 0 Å². The number of methoxy groups -OCH3 is 1. The van der Waals surface area contributed by atoms with Crippen LogP contribution in [0.25, 0.3) is 16.5 Å². The molecule has 4 saturated carbocycles. The van der Waals surface area contributed by atoms with E-state index in [0.29, 0.717) is 45.5 Å². The molecule has 1 aromatic heterocycles. The standard InChI is InChI=1S/C28H29N3O4/c1-35-21-8-6-20(7-9-21)31-25(32)23-5-3-2-4-22(23)24(26(31)33)16-29-30-27(34)28-13-17-10-18(14-28)12-19(11-17)15-28/h2-9,16-19,33H,10-15H2,1H3,(H,30,34)/b29-16+. The number of nitrogens with zero attached hydrogens (tertiary/aromatic N) is 2. The van der Waals surface area contributed by atoms with Crippen molar-refractivity contribution in [3.05, 3.63) is 64.4 Å². The van der Waals surface area contributed by atoms with E-state index in [9.17, 15) is 14.7 Å². The van der Waals surface area contributed by atoms with Gasteiger partial charge in [0.25, 0.3) is 5.56 Å². The van der Waals surface area contributed by atoms with E-state index in [2.05, 4.69) is 10.5 Å². The normalized spacial score (nSPS) is 26.9. The number of benzene rings is 2. The number of aromatic hydroxyl groups is 1. The van der Waals surface area contributed by atoms with Crippen molar-refractivity contribution in [2.24, 2.45) is 28.3 Å². The molecule has 7 heteroatoms. The molecule has 7 rings (SSSR count). The average molecular weight is 472 g/mol. The summed E-state index contributed by atoms with van der Waals surface area (Å²) >= 11 is 0. The van der Waals surface area contributed by atoms with Crippen molar-refractivity contribution in [1.82, 2.24) is 9.99 Å². The van der Waals surface area contributed by atoms with Gasteiger partial charge in [-0.3, -0.25) is 9.59 Å². The number of hydrazone groups is 1. The van der Waals surface area contributed by atoms with E-state index in [0.717, 1.165) is 19.3 Å². The lowest BCUT2D eigenvalue weighted by Crippen LogP contribution is -2.52. The molecule has 2 N–H and O–H groups in total. The minimum absolute atomic E-state index is 0.0138. The lowest BCUT2D eigenvalue weighted by molar-refractivity contribution is -0.146. The minimum atomic E-state index is -0.335. The fourth-order valence-electron chi connectivity index (χ4n) is 7.12. The molecule has 0 radical (unpaired) electrons. The van der Waals surface area contributed by atoms with Crippen LogP contribution in [0.2, 0.25) is 0 Å². The summed E-state index contributed by atoms with van der Waals surface area (Å²) in [7, 11) is 1.57. The molecule has 1 heterocycles. The molecule has 3 aromatic rings. The number of amides is 1. The van der Waals surface area contributed by atoms with Crippen LogP contribution in [0, 0.1) is 23.2 Å². The van der Waals surface area contributed by atoms with Gasteiger partial charge in [0.1, 0.15) is 5.75 Å². The zero-order valence-corrected chi connectivity index (χ0v) is 19.7. The van der Waals surface area contributed by atoms with Gasteiger partial charge in [-0.15, -0.1) is 0 Å². The first-order valence-electron chi connectivity index (χ1n) is 12.3. The van der Waals surface area contributed by atoms with Crippen LogP contribution >= 0.6 is 0 Å². The molecule has 4 aliphatic rings. The Hall–Kier alpha value is -3.61. The van der Waals surface area contributed by atoms with Gasteiger partial charge in [-0.2, -0.15) is 5.10 Å². The third-order valence-electron chi connectivity index (χ3n) is 8.31. The third-order valence-corrected chi connectivity index (χ3v) is 8.31. The van der Waals surface area contributed by atoms with Crippen molar-refractivity contribution >= 4 is 22.9 Å². The number of aromatic nitrogens is 1. The lowest BCUT2D eigenvalue weighted by Gasteiger charge is -2.55. The second-order valence-electron chi connectivity index (χ2n) is 10.5. The van der Waals surface area contributed by atoms with Gasteiger partial charge in [0.15, 0.2) is 0 Å². The van der Waals surface area contributed by atoms with Gasteiger partial charge >= 0.3 is 0 Å². The summed E-state index contributed by atoms with van der Waals surface area (Å²) in [5.74, 6) is 2.40. The molecule has 0 unspecified atom stereocenters. The number of carbonyl (C=O) groups is 1. The Balaban J connectivity index is 1.35. The molecule has 4 aliphatic carbocycles. The van der Waals surface area contributed by atoms with Crippen LogP contribution in [-0.4, -0.2) is 28.9 Å². The Kier molecular flexibility index (Phi) is 5.16. The van der Waals surface area contributed by atoms with E-state index in [4.69, 9.17) is 4.74 Å².